The Morgan fingerprint density at radius 2 is 1.91 bits per heavy atom. The molecule has 33 heavy (non-hydrogen) atoms. The summed E-state index contributed by atoms with van der Waals surface area (Å²) < 4.78 is 12.7. The van der Waals surface area contributed by atoms with Crippen molar-refractivity contribution in [1.29, 1.82) is 0 Å². The number of ether oxygens (including phenoxy) is 2. The SMILES string of the molecule is COc1ccc(-c2cc3nc(C)c(CCC(=O)Nc4ncccc4C)c(C)n3n2)c(OC)c1. The number of carbonyl (C=O) groups is 1. The molecular weight excluding hydrogens is 418 g/mol. The minimum atomic E-state index is -0.0835. The van der Waals surface area contributed by atoms with Crippen molar-refractivity contribution in [2.75, 3.05) is 19.5 Å². The lowest BCUT2D eigenvalue weighted by molar-refractivity contribution is -0.116. The molecule has 8 heteroatoms. The molecule has 0 spiro atoms. The first kappa shape index (κ1) is 22.3. The first-order valence-electron chi connectivity index (χ1n) is 10.7. The van der Waals surface area contributed by atoms with Crippen LogP contribution in [0, 0.1) is 20.8 Å². The summed E-state index contributed by atoms with van der Waals surface area (Å²) in [6, 6.07) is 11.3. The van der Waals surface area contributed by atoms with Gasteiger partial charge >= 0.3 is 0 Å². The number of nitrogens with zero attached hydrogens (tertiary/aromatic N) is 4. The van der Waals surface area contributed by atoms with Gasteiger partial charge in [0.25, 0.3) is 0 Å². The molecule has 170 valence electrons. The Labute approximate surface area is 192 Å². The van der Waals surface area contributed by atoms with E-state index in [1.165, 1.54) is 0 Å². The van der Waals surface area contributed by atoms with Crippen LogP contribution in [0.1, 0.15) is 28.9 Å². The first-order chi connectivity index (χ1) is 15.9. The predicted molar refractivity (Wildman–Crippen MR) is 127 cm³/mol. The number of pyridine rings is 1. The zero-order valence-corrected chi connectivity index (χ0v) is 19.5. The molecule has 0 unspecified atom stereocenters. The topological polar surface area (TPSA) is 90.6 Å². The number of methoxy groups -OCH3 is 2. The van der Waals surface area contributed by atoms with Gasteiger partial charge in [0.05, 0.1) is 19.9 Å². The number of hydrogen-bond acceptors (Lipinski definition) is 6. The monoisotopic (exact) mass is 445 g/mol. The Balaban J connectivity index is 1.60. The maximum absolute atomic E-state index is 12.5. The summed E-state index contributed by atoms with van der Waals surface area (Å²) in [7, 11) is 3.24. The van der Waals surface area contributed by atoms with Crippen molar-refractivity contribution >= 4 is 17.4 Å². The molecule has 1 aromatic carbocycles. The number of aryl methyl sites for hydroxylation is 3. The van der Waals surface area contributed by atoms with Crippen LogP contribution in [0.3, 0.4) is 0 Å². The van der Waals surface area contributed by atoms with Gasteiger partial charge in [-0.3, -0.25) is 4.79 Å². The summed E-state index contributed by atoms with van der Waals surface area (Å²) in [6.07, 6.45) is 2.55. The smallest absolute Gasteiger partial charge is 0.225 e. The molecule has 1 amide bonds. The van der Waals surface area contributed by atoms with E-state index in [1.807, 2.05) is 61.7 Å². The lowest BCUT2D eigenvalue weighted by Gasteiger charge is -2.11. The zero-order valence-electron chi connectivity index (χ0n) is 19.5. The molecule has 0 saturated heterocycles. The van der Waals surface area contributed by atoms with Gasteiger partial charge in [0.15, 0.2) is 5.65 Å². The maximum atomic E-state index is 12.5. The van der Waals surface area contributed by atoms with Gasteiger partial charge in [0, 0.05) is 41.7 Å². The molecule has 0 aliphatic carbocycles. The zero-order chi connectivity index (χ0) is 23.5. The van der Waals surface area contributed by atoms with E-state index in [4.69, 9.17) is 19.6 Å². The standard InChI is InChI=1S/C25H27N5O3/c1-15-7-6-12-26-25(15)28-24(31)11-10-19-16(2)27-23-14-21(29-30(23)17(19)3)20-9-8-18(32-4)13-22(20)33-5/h6-9,12-14H,10-11H2,1-5H3,(H,26,28,31). The average molecular weight is 446 g/mol. The summed E-state index contributed by atoms with van der Waals surface area (Å²) >= 11 is 0. The minimum absolute atomic E-state index is 0.0835. The first-order valence-corrected chi connectivity index (χ1v) is 10.7. The van der Waals surface area contributed by atoms with E-state index in [-0.39, 0.29) is 5.91 Å². The lowest BCUT2D eigenvalue weighted by Crippen LogP contribution is -2.15. The van der Waals surface area contributed by atoms with Crippen LogP contribution >= 0.6 is 0 Å². The number of fused-ring (bicyclic) bond motifs is 1. The summed E-state index contributed by atoms with van der Waals surface area (Å²) in [4.78, 5) is 21.5. The van der Waals surface area contributed by atoms with Crippen LogP contribution in [0.25, 0.3) is 16.9 Å². The number of rotatable bonds is 7. The second kappa shape index (κ2) is 9.28. The van der Waals surface area contributed by atoms with E-state index >= 15 is 0 Å². The van der Waals surface area contributed by atoms with E-state index in [2.05, 4.69) is 10.3 Å². The van der Waals surface area contributed by atoms with Gasteiger partial charge in [-0.05, 0) is 56.5 Å². The number of aromatic nitrogens is 4. The third kappa shape index (κ3) is 4.50. The molecule has 0 saturated carbocycles. The fourth-order valence-electron chi connectivity index (χ4n) is 3.88. The van der Waals surface area contributed by atoms with Crippen LogP contribution in [0.4, 0.5) is 5.82 Å². The van der Waals surface area contributed by atoms with E-state index in [0.717, 1.165) is 39.4 Å². The van der Waals surface area contributed by atoms with E-state index in [9.17, 15) is 4.79 Å². The lowest BCUT2D eigenvalue weighted by atomic mass is 10.1. The molecule has 4 aromatic rings. The van der Waals surface area contributed by atoms with Crippen molar-refractivity contribution in [3.8, 4) is 22.8 Å². The Morgan fingerprint density at radius 1 is 1.09 bits per heavy atom. The summed E-state index contributed by atoms with van der Waals surface area (Å²) in [6.45, 7) is 5.88. The van der Waals surface area contributed by atoms with Crippen molar-refractivity contribution in [2.45, 2.75) is 33.6 Å². The third-order valence-corrected chi connectivity index (χ3v) is 5.72. The highest BCUT2D eigenvalue weighted by Gasteiger charge is 2.17. The highest BCUT2D eigenvalue weighted by atomic mass is 16.5. The molecule has 0 atom stereocenters. The van der Waals surface area contributed by atoms with Crippen molar-refractivity contribution in [1.82, 2.24) is 19.6 Å². The van der Waals surface area contributed by atoms with E-state index < -0.39 is 0 Å². The summed E-state index contributed by atoms with van der Waals surface area (Å²) in [5.41, 5.74) is 6.13. The molecule has 1 N–H and O–H groups in total. The van der Waals surface area contributed by atoms with Gasteiger partial charge < -0.3 is 14.8 Å². The number of anilines is 1. The Kier molecular flexibility index (Phi) is 6.26. The number of nitrogens with one attached hydrogen (secondary N) is 1. The number of amides is 1. The van der Waals surface area contributed by atoms with Crippen molar-refractivity contribution in [3.05, 3.63) is 65.1 Å². The normalized spacial score (nSPS) is 10.9. The van der Waals surface area contributed by atoms with Crippen LogP contribution in [-0.4, -0.2) is 39.7 Å². The Hall–Kier alpha value is -3.94. The average Bonchev–Trinajstić information content (AvgIpc) is 3.24. The van der Waals surface area contributed by atoms with Gasteiger partial charge in [-0.15, -0.1) is 0 Å². The molecule has 0 aliphatic rings. The third-order valence-electron chi connectivity index (χ3n) is 5.72. The number of hydrogen-bond donors (Lipinski definition) is 1. The largest absolute Gasteiger partial charge is 0.497 e. The summed E-state index contributed by atoms with van der Waals surface area (Å²) in [5.74, 6) is 1.90. The van der Waals surface area contributed by atoms with Crippen LogP contribution in [0.5, 0.6) is 11.5 Å². The molecule has 3 heterocycles. The highest BCUT2D eigenvalue weighted by molar-refractivity contribution is 5.90. The summed E-state index contributed by atoms with van der Waals surface area (Å²) in [5, 5.41) is 7.66. The molecule has 0 radical (unpaired) electrons. The van der Waals surface area contributed by atoms with Gasteiger partial charge in [-0.25, -0.2) is 14.5 Å². The quantitative estimate of drug-likeness (QED) is 0.456. The van der Waals surface area contributed by atoms with E-state index in [0.29, 0.717) is 30.2 Å². The molecular formula is C25H27N5O3. The van der Waals surface area contributed by atoms with Gasteiger partial charge in [-0.1, -0.05) is 6.07 Å². The number of benzene rings is 1. The van der Waals surface area contributed by atoms with Crippen molar-refractivity contribution in [3.63, 3.8) is 0 Å². The second-order valence-electron chi connectivity index (χ2n) is 7.84. The van der Waals surface area contributed by atoms with Gasteiger partial charge in [0.1, 0.15) is 17.3 Å². The molecule has 4 rings (SSSR count). The minimum Gasteiger partial charge on any atom is -0.497 e. The van der Waals surface area contributed by atoms with Crippen LogP contribution in [0.2, 0.25) is 0 Å². The van der Waals surface area contributed by atoms with Crippen LogP contribution in [0.15, 0.2) is 42.6 Å². The molecule has 0 aliphatic heterocycles. The van der Waals surface area contributed by atoms with Crippen molar-refractivity contribution < 1.29 is 14.3 Å². The van der Waals surface area contributed by atoms with Gasteiger partial charge in [-0.2, -0.15) is 5.10 Å². The van der Waals surface area contributed by atoms with Gasteiger partial charge in [0.2, 0.25) is 5.91 Å². The maximum Gasteiger partial charge on any atom is 0.225 e. The highest BCUT2D eigenvalue weighted by Crippen LogP contribution is 2.33. The molecule has 3 aromatic heterocycles. The fourth-order valence-corrected chi connectivity index (χ4v) is 3.88. The molecule has 0 fully saturated rings. The molecule has 0 bridgehead atoms. The Bertz CT molecular complexity index is 1330. The predicted octanol–water partition coefficient (Wildman–Crippen LogP) is 4.31. The Morgan fingerprint density at radius 3 is 2.64 bits per heavy atom. The molecule has 8 nitrogen and oxygen atoms in total. The van der Waals surface area contributed by atoms with E-state index in [1.54, 1.807) is 20.4 Å². The van der Waals surface area contributed by atoms with Crippen molar-refractivity contribution in [2.24, 2.45) is 0 Å². The second-order valence-corrected chi connectivity index (χ2v) is 7.84. The van der Waals surface area contributed by atoms with Crippen LogP contribution < -0.4 is 14.8 Å². The fraction of sp³-hybridized carbons (Fsp3) is 0.280. The van der Waals surface area contributed by atoms with Crippen LogP contribution in [-0.2, 0) is 11.2 Å². The number of carbonyl (C=O) groups excluding carboxylic acids is 1.